The first-order valence-electron chi connectivity index (χ1n) is 6.18. The molecule has 2 atom stereocenters. The van der Waals surface area contributed by atoms with Gasteiger partial charge in [0, 0.05) is 30.4 Å². The van der Waals surface area contributed by atoms with Gasteiger partial charge in [-0.1, -0.05) is 6.92 Å². The van der Waals surface area contributed by atoms with Crippen LogP contribution in [0.1, 0.15) is 50.9 Å². The predicted molar refractivity (Wildman–Crippen MR) is 66.3 cm³/mol. The lowest BCUT2D eigenvalue weighted by molar-refractivity contribution is 0.350. The van der Waals surface area contributed by atoms with Gasteiger partial charge < -0.3 is 5.32 Å². The monoisotopic (exact) mass is 221 g/mol. The largest absolute Gasteiger partial charge is 0.307 e. The Labute approximate surface area is 98.2 Å². The van der Waals surface area contributed by atoms with Gasteiger partial charge in [0.1, 0.15) is 0 Å². The molecule has 3 heteroatoms. The molecule has 90 valence electrons. The van der Waals surface area contributed by atoms with Gasteiger partial charge in [-0.05, 0) is 39.0 Å². The maximum atomic E-state index is 4.30. The molecule has 2 unspecified atom stereocenters. The molecule has 0 saturated heterocycles. The van der Waals surface area contributed by atoms with E-state index in [1.165, 1.54) is 24.1 Å². The summed E-state index contributed by atoms with van der Waals surface area (Å²) < 4.78 is 1.94. The smallest absolute Gasteiger partial charge is 0.0540 e. The van der Waals surface area contributed by atoms with Crippen LogP contribution >= 0.6 is 0 Å². The van der Waals surface area contributed by atoms with Gasteiger partial charge in [0.25, 0.3) is 0 Å². The molecule has 0 radical (unpaired) electrons. The zero-order valence-electron chi connectivity index (χ0n) is 11.0. The van der Waals surface area contributed by atoms with Crippen LogP contribution in [0.2, 0.25) is 0 Å². The number of nitrogens with one attached hydrogen (secondary N) is 1. The van der Waals surface area contributed by atoms with Gasteiger partial charge in [-0.25, -0.2) is 0 Å². The first kappa shape index (κ1) is 11.6. The third-order valence-corrected chi connectivity index (χ3v) is 4.32. The Hall–Kier alpha value is -0.830. The lowest BCUT2D eigenvalue weighted by Crippen LogP contribution is -2.35. The van der Waals surface area contributed by atoms with Crippen molar-refractivity contribution in [1.29, 1.82) is 0 Å². The summed E-state index contributed by atoms with van der Waals surface area (Å²) in [5, 5.41) is 8.00. The fourth-order valence-electron chi connectivity index (χ4n) is 2.24. The molecule has 1 aliphatic carbocycles. The molecule has 1 aromatic rings. The van der Waals surface area contributed by atoms with Crippen LogP contribution in [0.4, 0.5) is 0 Å². The van der Waals surface area contributed by atoms with Crippen molar-refractivity contribution in [2.24, 2.45) is 12.5 Å². The van der Waals surface area contributed by atoms with Crippen LogP contribution in [0.25, 0.3) is 0 Å². The highest BCUT2D eigenvalue weighted by atomic mass is 15.3. The van der Waals surface area contributed by atoms with Crippen LogP contribution < -0.4 is 5.32 Å². The van der Waals surface area contributed by atoms with Crippen molar-refractivity contribution in [1.82, 2.24) is 15.1 Å². The van der Waals surface area contributed by atoms with Gasteiger partial charge in [-0.2, -0.15) is 5.10 Å². The van der Waals surface area contributed by atoms with Crippen molar-refractivity contribution in [3.05, 3.63) is 17.5 Å². The molecule has 2 rings (SSSR count). The van der Waals surface area contributed by atoms with E-state index in [0.717, 1.165) is 0 Å². The Kier molecular flexibility index (Phi) is 2.82. The maximum absolute atomic E-state index is 4.30. The topological polar surface area (TPSA) is 29.9 Å². The van der Waals surface area contributed by atoms with E-state index in [9.17, 15) is 0 Å². The zero-order valence-corrected chi connectivity index (χ0v) is 11.0. The molecule has 1 fully saturated rings. The molecule has 0 amide bonds. The van der Waals surface area contributed by atoms with Gasteiger partial charge in [0.15, 0.2) is 0 Å². The highest BCUT2D eigenvalue weighted by Crippen LogP contribution is 2.48. The second-order valence-electron chi connectivity index (χ2n) is 5.57. The van der Waals surface area contributed by atoms with Gasteiger partial charge in [-0.3, -0.25) is 4.68 Å². The molecule has 0 bridgehead atoms. The number of hydrogen-bond acceptors (Lipinski definition) is 2. The van der Waals surface area contributed by atoms with Crippen LogP contribution in [-0.4, -0.2) is 15.8 Å². The van der Waals surface area contributed by atoms with Crippen molar-refractivity contribution >= 4 is 0 Å². The average Bonchev–Trinajstić information content (AvgIpc) is 2.89. The van der Waals surface area contributed by atoms with E-state index in [1.807, 2.05) is 17.9 Å². The summed E-state index contributed by atoms with van der Waals surface area (Å²) in [5.74, 6) is 0. The molecule has 0 aliphatic heterocycles. The Balaban J connectivity index is 2.02. The van der Waals surface area contributed by atoms with Crippen molar-refractivity contribution in [2.75, 3.05) is 0 Å². The predicted octanol–water partition coefficient (Wildman–Crippen LogP) is 2.57. The minimum absolute atomic E-state index is 0.390. The van der Waals surface area contributed by atoms with E-state index in [4.69, 9.17) is 0 Å². The number of aromatic nitrogens is 2. The molecular formula is C13H23N3. The minimum atomic E-state index is 0.390. The second-order valence-corrected chi connectivity index (χ2v) is 5.57. The molecule has 1 heterocycles. The summed E-state index contributed by atoms with van der Waals surface area (Å²) in [7, 11) is 2.00. The Bertz CT molecular complexity index is 377. The average molecular weight is 221 g/mol. The summed E-state index contributed by atoms with van der Waals surface area (Å²) >= 11 is 0. The summed E-state index contributed by atoms with van der Waals surface area (Å²) in [6.07, 6.45) is 4.70. The maximum Gasteiger partial charge on any atom is 0.0540 e. The van der Waals surface area contributed by atoms with Gasteiger partial charge in [-0.15, -0.1) is 0 Å². The quantitative estimate of drug-likeness (QED) is 0.847. The van der Waals surface area contributed by atoms with Crippen molar-refractivity contribution in [3.8, 4) is 0 Å². The van der Waals surface area contributed by atoms with E-state index >= 15 is 0 Å². The van der Waals surface area contributed by atoms with E-state index in [0.29, 0.717) is 17.5 Å². The molecule has 3 nitrogen and oxygen atoms in total. The van der Waals surface area contributed by atoms with Crippen molar-refractivity contribution < 1.29 is 0 Å². The molecule has 16 heavy (non-hydrogen) atoms. The Morgan fingerprint density at radius 3 is 2.50 bits per heavy atom. The van der Waals surface area contributed by atoms with Gasteiger partial charge in [0.05, 0.1) is 6.20 Å². The first-order valence-corrected chi connectivity index (χ1v) is 6.18. The molecule has 0 aromatic carbocycles. The van der Waals surface area contributed by atoms with E-state index in [-0.39, 0.29) is 0 Å². The summed E-state index contributed by atoms with van der Waals surface area (Å²) in [5.41, 5.74) is 3.11. The first-order chi connectivity index (χ1) is 7.44. The zero-order chi connectivity index (χ0) is 11.9. The molecule has 1 aliphatic rings. The summed E-state index contributed by atoms with van der Waals surface area (Å²) in [4.78, 5) is 0. The van der Waals surface area contributed by atoms with E-state index in [1.54, 1.807) is 0 Å². The summed E-state index contributed by atoms with van der Waals surface area (Å²) in [6.45, 7) is 9.03. The lowest BCUT2D eigenvalue weighted by Gasteiger charge is -2.25. The fourth-order valence-corrected chi connectivity index (χ4v) is 2.24. The molecule has 0 spiro atoms. The van der Waals surface area contributed by atoms with Crippen LogP contribution in [0, 0.1) is 12.3 Å². The third-order valence-electron chi connectivity index (χ3n) is 4.32. The van der Waals surface area contributed by atoms with Crippen LogP contribution in [0.5, 0.6) is 0 Å². The number of aryl methyl sites for hydroxylation is 1. The van der Waals surface area contributed by atoms with Crippen LogP contribution in [0.3, 0.4) is 0 Å². The van der Waals surface area contributed by atoms with E-state index in [2.05, 4.69) is 38.1 Å². The number of hydrogen-bond donors (Lipinski definition) is 1. The summed E-state index contributed by atoms with van der Waals surface area (Å²) in [6, 6.07) is 0.975. The molecule has 1 saturated carbocycles. The Morgan fingerprint density at radius 1 is 1.44 bits per heavy atom. The number of rotatable bonds is 4. The van der Waals surface area contributed by atoms with E-state index < -0.39 is 0 Å². The normalized spacial score (nSPS) is 21.8. The minimum Gasteiger partial charge on any atom is -0.307 e. The highest BCUT2D eigenvalue weighted by molar-refractivity contribution is 5.20. The number of nitrogens with zero attached hydrogens (tertiary/aromatic N) is 2. The second kappa shape index (κ2) is 3.88. The lowest BCUT2D eigenvalue weighted by atomic mass is 9.99. The third kappa shape index (κ3) is 2.01. The van der Waals surface area contributed by atoms with Crippen molar-refractivity contribution in [3.63, 3.8) is 0 Å². The van der Waals surface area contributed by atoms with Crippen LogP contribution in [0.15, 0.2) is 6.20 Å². The van der Waals surface area contributed by atoms with Crippen molar-refractivity contribution in [2.45, 2.75) is 52.6 Å². The Morgan fingerprint density at radius 2 is 2.06 bits per heavy atom. The standard InChI is InChI=1S/C13H23N3/c1-9(12-8-14-16(5)10(12)2)15-11(3)13(4)6-7-13/h8-9,11,15H,6-7H2,1-5H3. The SMILES string of the molecule is Cc1c(C(C)NC(C)C2(C)CC2)cnn1C. The molecular weight excluding hydrogens is 198 g/mol. The van der Waals surface area contributed by atoms with Gasteiger partial charge in [0.2, 0.25) is 0 Å². The van der Waals surface area contributed by atoms with Crippen LogP contribution in [-0.2, 0) is 7.05 Å². The van der Waals surface area contributed by atoms with Gasteiger partial charge >= 0.3 is 0 Å². The molecule has 1 N–H and O–H groups in total. The molecule has 1 aromatic heterocycles. The fraction of sp³-hybridized carbons (Fsp3) is 0.769. The highest BCUT2D eigenvalue weighted by Gasteiger charge is 2.42.